The standard InChI is InChI=1S/C24H24N2O5/c1-24(11-14-30-3)21(10-13-29-2)20(22(27)26-24)15-17-6-8-19(9-7-17)31-23(28)18-5-4-12-25-16-18/h4-16,21H,1-3H3,(H,26,27)/b13-10+,14-11+,20-15+. The summed E-state index contributed by atoms with van der Waals surface area (Å²) in [6, 6.07) is 10.2. The van der Waals surface area contributed by atoms with E-state index in [0.717, 1.165) is 5.56 Å². The molecule has 0 aliphatic carbocycles. The lowest BCUT2D eigenvalue weighted by molar-refractivity contribution is -0.116. The molecule has 1 aliphatic rings. The molecule has 2 unspecified atom stereocenters. The fourth-order valence-electron chi connectivity index (χ4n) is 3.29. The van der Waals surface area contributed by atoms with Crippen LogP contribution in [0, 0.1) is 5.92 Å². The summed E-state index contributed by atoms with van der Waals surface area (Å²) in [6.07, 6.45) is 11.6. The van der Waals surface area contributed by atoms with E-state index in [0.29, 0.717) is 16.9 Å². The second kappa shape index (κ2) is 9.75. The number of carbonyl (C=O) groups excluding carboxylic acids is 2. The van der Waals surface area contributed by atoms with Crippen molar-refractivity contribution in [3.05, 3.63) is 90.2 Å². The molecule has 1 N–H and O–H groups in total. The predicted molar refractivity (Wildman–Crippen MR) is 116 cm³/mol. The lowest BCUT2D eigenvalue weighted by Crippen LogP contribution is -2.40. The first-order chi connectivity index (χ1) is 15.0. The van der Waals surface area contributed by atoms with E-state index in [1.54, 1.807) is 81.5 Å². The van der Waals surface area contributed by atoms with E-state index in [-0.39, 0.29) is 11.8 Å². The Bertz CT molecular complexity index is 1010. The Morgan fingerprint density at radius 2 is 1.87 bits per heavy atom. The lowest BCUT2D eigenvalue weighted by atomic mass is 9.84. The summed E-state index contributed by atoms with van der Waals surface area (Å²) in [6.45, 7) is 1.91. The first-order valence-corrected chi connectivity index (χ1v) is 9.63. The monoisotopic (exact) mass is 420 g/mol. The molecular weight excluding hydrogens is 396 g/mol. The van der Waals surface area contributed by atoms with Crippen LogP contribution in [-0.4, -0.2) is 36.6 Å². The third-order valence-electron chi connectivity index (χ3n) is 4.89. The van der Waals surface area contributed by atoms with Crippen molar-refractivity contribution in [2.24, 2.45) is 5.92 Å². The molecule has 1 aliphatic heterocycles. The minimum absolute atomic E-state index is 0.180. The van der Waals surface area contributed by atoms with Crippen LogP contribution in [0.1, 0.15) is 22.8 Å². The number of rotatable bonds is 7. The van der Waals surface area contributed by atoms with E-state index in [4.69, 9.17) is 14.2 Å². The molecule has 3 rings (SSSR count). The zero-order valence-electron chi connectivity index (χ0n) is 17.6. The predicted octanol–water partition coefficient (Wildman–Crippen LogP) is 3.51. The van der Waals surface area contributed by atoms with Crippen molar-refractivity contribution < 1.29 is 23.8 Å². The maximum Gasteiger partial charge on any atom is 0.345 e. The van der Waals surface area contributed by atoms with Crippen LogP contribution < -0.4 is 10.1 Å². The van der Waals surface area contributed by atoms with Crippen LogP contribution in [0.2, 0.25) is 0 Å². The third kappa shape index (κ3) is 5.19. The maximum absolute atomic E-state index is 12.7. The molecule has 2 aromatic rings. The van der Waals surface area contributed by atoms with Gasteiger partial charge in [-0.3, -0.25) is 9.78 Å². The van der Waals surface area contributed by atoms with Crippen LogP contribution in [0.25, 0.3) is 6.08 Å². The van der Waals surface area contributed by atoms with Gasteiger partial charge < -0.3 is 19.5 Å². The summed E-state index contributed by atoms with van der Waals surface area (Å²) in [5.41, 5.74) is 1.08. The molecule has 1 aromatic carbocycles. The molecule has 1 fully saturated rings. The van der Waals surface area contributed by atoms with Gasteiger partial charge in [0.2, 0.25) is 5.91 Å². The van der Waals surface area contributed by atoms with Crippen LogP contribution in [0.3, 0.4) is 0 Å². The zero-order valence-corrected chi connectivity index (χ0v) is 17.6. The fourth-order valence-corrected chi connectivity index (χ4v) is 3.29. The van der Waals surface area contributed by atoms with Gasteiger partial charge >= 0.3 is 5.97 Å². The van der Waals surface area contributed by atoms with E-state index < -0.39 is 11.5 Å². The molecule has 0 radical (unpaired) electrons. The first-order valence-electron chi connectivity index (χ1n) is 9.63. The summed E-state index contributed by atoms with van der Waals surface area (Å²) in [4.78, 5) is 28.8. The zero-order chi connectivity index (χ0) is 22.3. The van der Waals surface area contributed by atoms with E-state index in [1.807, 2.05) is 13.0 Å². The van der Waals surface area contributed by atoms with Crippen LogP contribution in [0.15, 0.2) is 79.0 Å². The number of ether oxygens (including phenoxy) is 3. The molecule has 0 saturated carbocycles. The summed E-state index contributed by atoms with van der Waals surface area (Å²) in [5.74, 6) is -0.536. The Balaban J connectivity index is 1.82. The Labute approximate surface area is 181 Å². The SMILES string of the molecule is CO/C=C/C1/C(=C\c2ccc(OC(=O)c3cccnc3)cc2)C(=O)NC1(C)/C=C/OC. The Kier molecular flexibility index (Phi) is 6.87. The van der Waals surface area contributed by atoms with E-state index in [2.05, 4.69) is 10.3 Å². The van der Waals surface area contributed by atoms with E-state index >= 15 is 0 Å². The van der Waals surface area contributed by atoms with Crippen molar-refractivity contribution in [2.75, 3.05) is 14.2 Å². The molecule has 1 saturated heterocycles. The van der Waals surface area contributed by atoms with Gasteiger partial charge in [-0.2, -0.15) is 0 Å². The Morgan fingerprint density at radius 1 is 1.13 bits per heavy atom. The molecule has 1 amide bonds. The Hall–Kier alpha value is -3.87. The second-order valence-electron chi connectivity index (χ2n) is 7.12. The molecule has 0 bridgehead atoms. The number of hydrogen-bond donors (Lipinski definition) is 1. The van der Waals surface area contributed by atoms with Gasteiger partial charge in [-0.15, -0.1) is 0 Å². The van der Waals surface area contributed by atoms with Gasteiger partial charge in [0.25, 0.3) is 0 Å². The van der Waals surface area contributed by atoms with Gasteiger partial charge in [0.15, 0.2) is 0 Å². The van der Waals surface area contributed by atoms with Crippen molar-refractivity contribution in [1.82, 2.24) is 10.3 Å². The number of aromatic nitrogens is 1. The van der Waals surface area contributed by atoms with Gasteiger partial charge in [-0.05, 0) is 55.0 Å². The first kappa shape index (κ1) is 21.8. The smallest absolute Gasteiger partial charge is 0.345 e. The second-order valence-corrected chi connectivity index (χ2v) is 7.12. The number of benzene rings is 1. The lowest BCUT2D eigenvalue weighted by Gasteiger charge is -2.25. The average molecular weight is 420 g/mol. The third-order valence-corrected chi connectivity index (χ3v) is 4.89. The number of amides is 1. The summed E-state index contributed by atoms with van der Waals surface area (Å²) < 4.78 is 15.5. The van der Waals surface area contributed by atoms with E-state index in [1.165, 1.54) is 6.20 Å². The molecule has 31 heavy (non-hydrogen) atoms. The number of hydrogen-bond acceptors (Lipinski definition) is 6. The van der Waals surface area contributed by atoms with Crippen molar-refractivity contribution in [2.45, 2.75) is 12.5 Å². The number of nitrogens with one attached hydrogen (secondary N) is 1. The molecular formula is C24H24N2O5. The van der Waals surface area contributed by atoms with Crippen molar-refractivity contribution in [1.29, 1.82) is 0 Å². The highest BCUT2D eigenvalue weighted by atomic mass is 16.5. The fraction of sp³-hybridized carbons (Fsp3) is 0.208. The summed E-state index contributed by atoms with van der Waals surface area (Å²) in [7, 11) is 3.11. The van der Waals surface area contributed by atoms with Gasteiger partial charge in [0, 0.05) is 23.9 Å². The van der Waals surface area contributed by atoms with Crippen molar-refractivity contribution >= 4 is 18.0 Å². The number of methoxy groups -OCH3 is 2. The van der Waals surface area contributed by atoms with Gasteiger partial charge in [0.05, 0.1) is 37.8 Å². The highest BCUT2D eigenvalue weighted by molar-refractivity contribution is 6.02. The molecule has 2 atom stereocenters. The normalized spacial score (nSPS) is 22.1. The number of esters is 1. The van der Waals surface area contributed by atoms with Gasteiger partial charge in [-0.25, -0.2) is 4.79 Å². The maximum atomic E-state index is 12.7. The molecule has 160 valence electrons. The van der Waals surface area contributed by atoms with Crippen molar-refractivity contribution in [3.8, 4) is 5.75 Å². The van der Waals surface area contributed by atoms with Crippen LogP contribution in [0.4, 0.5) is 0 Å². The van der Waals surface area contributed by atoms with Crippen molar-refractivity contribution in [3.63, 3.8) is 0 Å². The topological polar surface area (TPSA) is 86.8 Å². The number of nitrogens with zero attached hydrogens (tertiary/aromatic N) is 1. The average Bonchev–Trinajstić information content (AvgIpc) is 3.01. The quantitative estimate of drug-likeness (QED) is 0.319. The van der Waals surface area contributed by atoms with Crippen LogP contribution >= 0.6 is 0 Å². The Morgan fingerprint density at radius 3 is 2.52 bits per heavy atom. The minimum atomic E-state index is -0.660. The molecule has 1 aromatic heterocycles. The van der Waals surface area contributed by atoms with Crippen LogP contribution in [0.5, 0.6) is 5.75 Å². The largest absolute Gasteiger partial charge is 0.505 e. The minimum Gasteiger partial charge on any atom is -0.505 e. The highest BCUT2D eigenvalue weighted by Gasteiger charge is 2.43. The number of pyridine rings is 1. The van der Waals surface area contributed by atoms with Gasteiger partial charge in [-0.1, -0.05) is 12.1 Å². The number of carbonyl (C=O) groups is 2. The highest BCUT2D eigenvalue weighted by Crippen LogP contribution is 2.35. The summed E-state index contributed by atoms with van der Waals surface area (Å²) >= 11 is 0. The molecule has 7 heteroatoms. The molecule has 2 heterocycles. The summed E-state index contributed by atoms with van der Waals surface area (Å²) in [5, 5.41) is 2.99. The molecule has 7 nitrogen and oxygen atoms in total. The van der Waals surface area contributed by atoms with E-state index in [9.17, 15) is 9.59 Å². The van der Waals surface area contributed by atoms with Crippen LogP contribution in [-0.2, 0) is 14.3 Å². The molecule has 0 spiro atoms. The van der Waals surface area contributed by atoms with Gasteiger partial charge in [0.1, 0.15) is 5.75 Å².